The molecule has 7 rings (SSSR count). The average Bonchev–Trinajstić information content (AvgIpc) is 2.37. The Bertz CT molecular complexity index is 3040. The van der Waals surface area contributed by atoms with Gasteiger partial charge in [-0.15, -0.1) is 0 Å². The lowest BCUT2D eigenvalue weighted by Gasteiger charge is -2.29. The fraction of sp³-hybridized carbons (Fsp3) is 0.500. The molecule has 0 saturated carbocycles. The zero-order valence-electron chi connectivity index (χ0n) is 52.9. The quantitative estimate of drug-likeness (QED) is 0.0372. The van der Waals surface area contributed by atoms with Crippen molar-refractivity contribution in [3.63, 3.8) is 0 Å². The highest BCUT2D eigenvalue weighted by Gasteiger charge is 2.34. The van der Waals surface area contributed by atoms with Crippen LogP contribution in [0.25, 0.3) is 33.1 Å². The Labute approximate surface area is 496 Å². The van der Waals surface area contributed by atoms with E-state index in [1.165, 1.54) is 101 Å². The molecular weight excluding hydrogens is 1050 g/mol. The van der Waals surface area contributed by atoms with Gasteiger partial charge >= 0.3 is 16.8 Å². The fourth-order valence-electron chi connectivity index (χ4n) is 10.6. The van der Waals surface area contributed by atoms with Crippen LogP contribution in [0.3, 0.4) is 0 Å². The third-order valence-electron chi connectivity index (χ3n) is 15.4. The van der Waals surface area contributed by atoms with E-state index in [9.17, 15) is 0 Å². The van der Waals surface area contributed by atoms with Gasteiger partial charge in [0.2, 0.25) is 0 Å². The van der Waals surface area contributed by atoms with Crippen molar-refractivity contribution in [2.45, 2.75) is 221 Å². The summed E-state index contributed by atoms with van der Waals surface area (Å²) < 4.78 is 55.7. The van der Waals surface area contributed by atoms with Crippen molar-refractivity contribution in [1.29, 1.82) is 0 Å². The van der Waals surface area contributed by atoms with Gasteiger partial charge in [0.15, 0.2) is 0 Å². The first kappa shape index (κ1) is 64.0. The monoisotopic (exact) mass is 1150 g/mol. The second-order valence-electron chi connectivity index (χ2n) is 26.5. The van der Waals surface area contributed by atoms with Crippen LogP contribution in [0.5, 0.6) is 34.5 Å². The van der Waals surface area contributed by atoms with Crippen LogP contribution in [0, 0.1) is 0 Å². The highest BCUT2D eigenvalue weighted by Crippen LogP contribution is 2.55. The van der Waals surface area contributed by atoms with E-state index in [1.807, 2.05) is 12.1 Å². The molecule has 444 valence electrons. The minimum atomic E-state index is -2.17. The number of hydrogen-bond donors (Lipinski definition) is 0. The summed E-state index contributed by atoms with van der Waals surface area (Å²) in [7, 11) is -0.922. The molecule has 6 aromatic carbocycles. The Morgan fingerprint density at radius 1 is 0.390 bits per heavy atom. The number of fused-ring (bicyclic) bond motifs is 3. The van der Waals surface area contributed by atoms with Crippen LogP contribution in [0.2, 0.25) is 0 Å². The molecule has 1 aromatic heterocycles. The van der Waals surface area contributed by atoms with Crippen LogP contribution in [-0.4, -0.2) is 14.2 Å². The maximum atomic E-state index is 7.52. The molecule has 0 saturated heterocycles. The maximum absolute atomic E-state index is 7.52. The van der Waals surface area contributed by atoms with Crippen molar-refractivity contribution in [2.24, 2.45) is 0 Å². The van der Waals surface area contributed by atoms with Crippen LogP contribution in [-0.2, 0) is 34.5 Å². The number of aryl methyl sites for hydroxylation is 2. The Hall–Kier alpha value is -5.55. The van der Waals surface area contributed by atoms with Gasteiger partial charge in [0.1, 0.15) is 45.7 Å². The molecular formula is C72H98O8P2. The van der Waals surface area contributed by atoms with Crippen LogP contribution < -0.4 is 27.6 Å². The van der Waals surface area contributed by atoms with E-state index in [-0.39, 0.29) is 10.8 Å². The molecule has 0 spiro atoms. The minimum Gasteiger partial charge on any atom is -0.497 e. The summed E-state index contributed by atoms with van der Waals surface area (Å²) in [6, 6.07) is 37.9. The van der Waals surface area contributed by atoms with Crippen molar-refractivity contribution < 1.29 is 36.0 Å². The molecule has 0 aliphatic rings. The fourth-order valence-corrected chi connectivity index (χ4v) is 12.8. The standard InChI is InChI=1S/C72H98O8P2/c1-17-19-21-23-25-27-29-33-51-39-43-53(44-40-51)75-81(76-54-45-41-52(42-46-54)34-30-28-26-24-22-20-18-2)79-67-59(47-55(73-15)49-63(67)71(9,10)11)60-48-56(74-16)50-64(72(12,13)14)68(60)80-82-77-65-57(35-31-37-61(65)69(3,4)5)58-36-32-38-62(66(58)78-82)70(6,7)8/h31-32,35-50H,17-30,33-34H2,1-16H3. The summed E-state index contributed by atoms with van der Waals surface area (Å²) in [5, 5.41) is 1.93. The van der Waals surface area contributed by atoms with Crippen molar-refractivity contribution in [3.05, 3.63) is 143 Å². The number of rotatable bonds is 27. The summed E-state index contributed by atoms with van der Waals surface area (Å²) in [5.74, 6) is 3.76. The second kappa shape index (κ2) is 28.8. The van der Waals surface area contributed by atoms with Gasteiger partial charge in [-0.25, -0.2) is 0 Å². The number of benzene rings is 6. The molecule has 0 fully saturated rings. The van der Waals surface area contributed by atoms with Gasteiger partial charge in [-0.3, -0.25) is 0 Å². The van der Waals surface area contributed by atoms with E-state index in [0.717, 1.165) is 57.0 Å². The normalized spacial score (nSPS) is 12.3. The zero-order chi connectivity index (χ0) is 59.2. The van der Waals surface area contributed by atoms with E-state index in [0.29, 0.717) is 45.6 Å². The van der Waals surface area contributed by atoms with Crippen molar-refractivity contribution in [1.82, 2.24) is 0 Å². The third-order valence-corrected chi connectivity index (χ3v) is 17.5. The van der Waals surface area contributed by atoms with Crippen LogP contribution in [0.1, 0.15) is 220 Å². The minimum absolute atomic E-state index is 0.260. The molecule has 0 N–H and O–H groups in total. The predicted octanol–water partition coefficient (Wildman–Crippen LogP) is 23.4. The first-order chi connectivity index (χ1) is 39.0. The first-order valence-electron chi connectivity index (χ1n) is 30.6. The van der Waals surface area contributed by atoms with Gasteiger partial charge in [0, 0.05) is 44.2 Å². The molecule has 0 atom stereocenters. The molecule has 82 heavy (non-hydrogen) atoms. The largest absolute Gasteiger partial charge is 0.530 e. The molecule has 0 radical (unpaired) electrons. The first-order valence-corrected chi connectivity index (χ1v) is 32.8. The van der Waals surface area contributed by atoms with Gasteiger partial charge in [-0.05, 0) is 107 Å². The summed E-state index contributed by atoms with van der Waals surface area (Å²) in [4.78, 5) is 0. The Balaban J connectivity index is 1.39. The van der Waals surface area contributed by atoms with Gasteiger partial charge in [-0.1, -0.05) is 235 Å². The van der Waals surface area contributed by atoms with E-state index in [1.54, 1.807) is 14.2 Å². The number of para-hydroxylation sites is 2. The van der Waals surface area contributed by atoms with Gasteiger partial charge in [0.25, 0.3) is 0 Å². The summed E-state index contributed by atoms with van der Waals surface area (Å²) in [5.41, 5.74) is 7.93. The molecule has 0 amide bonds. The molecule has 0 aliphatic carbocycles. The lowest BCUT2D eigenvalue weighted by molar-refractivity contribution is 0.380. The van der Waals surface area contributed by atoms with Crippen molar-refractivity contribution in [2.75, 3.05) is 14.2 Å². The lowest BCUT2D eigenvalue weighted by atomic mass is 9.81. The lowest BCUT2D eigenvalue weighted by Crippen LogP contribution is -2.16. The molecule has 8 nitrogen and oxygen atoms in total. The number of methoxy groups -OCH3 is 2. The van der Waals surface area contributed by atoms with Crippen LogP contribution in [0.4, 0.5) is 0 Å². The Morgan fingerprint density at radius 3 is 1.13 bits per heavy atom. The average molecular weight is 1150 g/mol. The predicted molar refractivity (Wildman–Crippen MR) is 347 cm³/mol. The molecule has 0 unspecified atom stereocenters. The maximum Gasteiger partial charge on any atom is 0.530 e. The number of hydrogen-bond acceptors (Lipinski definition) is 8. The molecule has 0 bridgehead atoms. The van der Waals surface area contributed by atoms with Crippen molar-refractivity contribution in [3.8, 4) is 45.6 Å². The zero-order valence-corrected chi connectivity index (χ0v) is 54.7. The summed E-state index contributed by atoms with van der Waals surface area (Å²) >= 11 is 0. The van der Waals surface area contributed by atoms with Gasteiger partial charge < -0.3 is 36.0 Å². The smallest absolute Gasteiger partial charge is 0.497 e. The molecule has 0 aliphatic heterocycles. The summed E-state index contributed by atoms with van der Waals surface area (Å²) in [6.07, 6.45) is 19.9. The van der Waals surface area contributed by atoms with Crippen LogP contribution >= 0.6 is 16.8 Å². The molecule has 10 heteroatoms. The van der Waals surface area contributed by atoms with Crippen molar-refractivity contribution >= 4 is 38.8 Å². The number of ether oxygens (including phenoxy) is 2. The Kier molecular flexibility index (Phi) is 22.5. The van der Waals surface area contributed by atoms with E-state index < -0.39 is 27.7 Å². The third kappa shape index (κ3) is 17.3. The van der Waals surface area contributed by atoms with Crippen LogP contribution in [0.15, 0.2) is 118 Å². The van der Waals surface area contributed by atoms with E-state index in [4.69, 9.17) is 36.0 Å². The summed E-state index contributed by atoms with van der Waals surface area (Å²) in [6.45, 7) is 30.9. The SMILES string of the molecule is CCCCCCCCCc1ccc(OP(Oc2ccc(CCCCCCCCC)cc2)Oc2c(-c3cc(OC)cc(C(C)(C)C)c3Op3oc4c(C(C)(C)C)cccc4c4cccc(C(C)(C)C)c4o3)cc(OC)cc2C(C)(C)C)cc1. The topological polar surface area (TPSA) is 81.7 Å². The van der Waals surface area contributed by atoms with Gasteiger partial charge in [-0.2, -0.15) is 0 Å². The van der Waals surface area contributed by atoms with E-state index in [2.05, 4.69) is 194 Å². The second-order valence-corrected chi connectivity index (χ2v) is 28.5. The highest BCUT2D eigenvalue weighted by atomic mass is 31.2. The highest BCUT2D eigenvalue weighted by molar-refractivity contribution is 7.43. The van der Waals surface area contributed by atoms with E-state index >= 15 is 0 Å². The number of unbranched alkanes of at least 4 members (excludes halogenated alkanes) is 12. The molecule has 7 aromatic rings. The molecule has 1 heterocycles. The van der Waals surface area contributed by atoms with Gasteiger partial charge in [0.05, 0.1) is 14.2 Å². The Morgan fingerprint density at radius 2 is 0.756 bits per heavy atom.